The van der Waals surface area contributed by atoms with E-state index in [1.54, 1.807) is 12.1 Å². The molecule has 1 aliphatic heterocycles. The SMILES string of the molecule is CCC[C@H](O)CN(Cc1ccc(F)cc1)C[C@@H]1CC(c2ccc(Cl)cc2)=NO1. The van der Waals surface area contributed by atoms with E-state index in [4.69, 9.17) is 16.4 Å². The molecule has 0 saturated carbocycles. The number of oxime groups is 1. The van der Waals surface area contributed by atoms with E-state index in [2.05, 4.69) is 17.0 Å². The average molecular weight is 405 g/mol. The summed E-state index contributed by atoms with van der Waals surface area (Å²) in [5, 5.41) is 15.2. The number of nitrogens with zero attached hydrogens (tertiary/aromatic N) is 2. The summed E-state index contributed by atoms with van der Waals surface area (Å²) in [6.45, 7) is 3.86. The molecule has 0 bridgehead atoms. The maximum absolute atomic E-state index is 13.2. The standard InChI is InChI=1S/C22H26ClFN2O2/c1-2-3-20(27)14-26(13-16-4-10-19(24)11-5-16)15-21-12-22(25-28-21)17-6-8-18(23)9-7-17/h4-11,20-21,27H,2-3,12-15H2,1H3/t20-,21-/m0/s1. The number of rotatable bonds is 9. The van der Waals surface area contributed by atoms with Gasteiger partial charge in [0.05, 0.1) is 11.8 Å². The van der Waals surface area contributed by atoms with Gasteiger partial charge in [-0.05, 0) is 41.8 Å². The lowest BCUT2D eigenvalue weighted by molar-refractivity contribution is 0.0305. The van der Waals surface area contributed by atoms with Crippen molar-refractivity contribution in [3.63, 3.8) is 0 Å². The Kier molecular flexibility index (Phi) is 7.43. The summed E-state index contributed by atoms with van der Waals surface area (Å²) in [6, 6.07) is 14.0. The molecule has 0 aromatic heterocycles. The first-order valence-corrected chi connectivity index (χ1v) is 10.0. The monoisotopic (exact) mass is 404 g/mol. The average Bonchev–Trinajstić information content (AvgIpc) is 3.13. The summed E-state index contributed by atoms with van der Waals surface area (Å²) < 4.78 is 13.2. The smallest absolute Gasteiger partial charge is 0.145 e. The number of hydrogen-bond acceptors (Lipinski definition) is 4. The number of aliphatic hydroxyl groups excluding tert-OH is 1. The molecule has 0 spiro atoms. The number of benzene rings is 2. The van der Waals surface area contributed by atoms with Gasteiger partial charge in [0.15, 0.2) is 0 Å². The summed E-state index contributed by atoms with van der Waals surface area (Å²) in [4.78, 5) is 7.80. The fraction of sp³-hybridized carbons (Fsp3) is 0.409. The summed E-state index contributed by atoms with van der Waals surface area (Å²) in [7, 11) is 0. The van der Waals surface area contributed by atoms with Crippen molar-refractivity contribution < 1.29 is 14.3 Å². The summed E-state index contributed by atoms with van der Waals surface area (Å²) in [6.07, 6.45) is 1.89. The summed E-state index contributed by atoms with van der Waals surface area (Å²) >= 11 is 5.95. The van der Waals surface area contributed by atoms with Gasteiger partial charge in [0.2, 0.25) is 0 Å². The van der Waals surface area contributed by atoms with Crippen molar-refractivity contribution in [2.75, 3.05) is 13.1 Å². The molecule has 2 aromatic rings. The molecule has 28 heavy (non-hydrogen) atoms. The lowest BCUT2D eigenvalue weighted by atomic mass is 10.0. The molecule has 0 unspecified atom stereocenters. The highest BCUT2D eigenvalue weighted by molar-refractivity contribution is 6.30. The highest BCUT2D eigenvalue weighted by atomic mass is 35.5. The van der Waals surface area contributed by atoms with E-state index in [-0.39, 0.29) is 11.9 Å². The lowest BCUT2D eigenvalue weighted by Gasteiger charge is -2.27. The Morgan fingerprint density at radius 2 is 1.93 bits per heavy atom. The second-order valence-corrected chi connectivity index (χ2v) is 7.68. The Morgan fingerprint density at radius 1 is 1.21 bits per heavy atom. The molecule has 150 valence electrons. The highest BCUT2D eigenvalue weighted by Crippen LogP contribution is 2.20. The van der Waals surface area contributed by atoms with Gasteiger partial charge < -0.3 is 9.94 Å². The molecular weight excluding hydrogens is 379 g/mol. The van der Waals surface area contributed by atoms with E-state index in [1.807, 2.05) is 24.3 Å². The van der Waals surface area contributed by atoms with E-state index in [9.17, 15) is 9.50 Å². The first-order valence-electron chi connectivity index (χ1n) is 9.67. The maximum atomic E-state index is 13.2. The van der Waals surface area contributed by atoms with Crippen LogP contribution in [0.4, 0.5) is 4.39 Å². The van der Waals surface area contributed by atoms with Gasteiger partial charge in [-0.25, -0.2) is 4.39 Å². The van der Waals surface area contributed by atoms with Gasteiger partial charge in [0, 0.05) is 31.1 Å². The van der Waals surface area contributed by atoms with E-state index in [1.165, 1.54) is 12.1 Å². The molecule has 1 heterocycles. The molecule has 1 N–H and O–H groups in total. The molecule has 0 aliphatic carbocycles. The third kappa shape index (κ3) is 6.03. The lowest BCUT2D eigenvalue weighted by Crippen LogP contribution is -2.37. The Labute approximate surface area is 170 Å². The van der Waals surface area contributed by atoms with Crippen molar-refractivity contribution in [1.29, 1.82) is 0 Å². The Morgan fingerprint density at radius 3 is 2.61 bits per heavy atom. The zero-order valence-electron chi connectivity index (χ0n) is 16.0. The second kappa shape index (κ2) is 10.0. The van der Waals surface area contributed by atoms with Crippen LogP contribution in [0.25, 0.3) is 0 Å². The normalized spacial score (nSPS) is 17.5. The molecule has 6 heteroatoms. The minimum absolute atomic E-state index is 0.0834. The zero-order valence-corrected chi connectivity index (χ0v) is 16.8. The topological polar surface area (TPSA) is 45.1 Å². The highest BCUT2D eigenvalue weighted by Gasteiger charge is 2.25. The van der Waals surface area contributed by atoms with Gasteiger partial charge >= 0.3 is 0 Å². The van der Waals surface area contributed by atoms with Crippen LogP contribution in [0.3, 0.4) is 0 Å². The fourth-order valence-corrected chi connectivity index (χ4v) is 3.53. The van der Waals surface area contributed by atoms with Crippen LogP contribution in [0.15, 0.2) is 53.7 Å². The van der Waals surface area contributed by atoms with Gasteiger partial charge in [0.25, 0.3) is 0 Å². The first-order chi connectivity index (χ1) is 13.5. The van der Waals surface area contributed by atoms with Gasteiger partial charge in [-0.1, -0.05) is 54.4 Å². The molecule has 1 aliphatic rings. The predicted octanol–water partition coefficient (Wildman–Crippen LogP) is 4.64. The second-order valence-electron chi connectivity index (χ2n) is 7.24. The van der Waals surface area contributed by atoms with E-state index in [0.29, 0.717) is 31.1 Å². The Bertz CT molecular complexity index is 780. The van der Waals surface area contributed by atoms with E-state index < -0.39 is 6.10 Å². The Hall–Kier alpha value is -1.95. The number of hydrogen-bond donors (Lipinski definition) is 1. The van der Waals surface area contributed by atoms with Crippen LogP contribution < -0.4 is 0 Å². The molecule has 4 nitrogen and oxygen atoms in total. The molecule has 0 radical (unpaired) electrons. The third-order valence-corrected chi connectivity index (χ3v) is 5.03. The molecule has 0 saturated heterocycles. The van der Waals surface area contributed by atoms with Crippen LogP contribution in [-0.4, -0.2) is 41.0 Å². The van der Waals surface area contributed by atoms with Gasteiger partial charge in [-0.15, -0.1) is 0 Å². The van der Waals surface area contributed by atoms with Crippen LogP contribution >= 0.6 is 11.6 Å². The molecule has 2 atom stereocenters. The van der Waals surface area contributed by atoms with Crippen molar-refractivity contribution in [2.24, 2.45) is 5.16 Å². The van der Waals surface area contributed by atoms with Crippen LogP contribution in [0, 0.1) is 5.82 Å². The Balaban J connectivity index is 1.62. The molecule has 2 aromatic carbocycles. The predicted molar refractivity (Wildman–Crippen MR) is 110 cm³/mol. The van der Waals surface area contributed by atoms with Gasteiger partial charge in [-0.3, -0.25) is 4.90 Å². The summed E-state index contributed by atoms with van der Waals surface area (Å²) in [5.41, 5.74) is 2.91. The third-order valence-electron chi connectivity index (χ3n) is 4.78. The molecular formula is C22H26ClFN2O2. The molecule has 0 fully saturated rings. The van der Waals surface area contributed by atoms with E-state index >= 15 is 0 Å². The van der Waals surface area contributed by atoms with Gasteiger partial charge in [0.1, 0.15) is 11.9 Å². The fourth-order valence-electron chi connectivity index (χ4n) is 3.40. The first kappa shape index (κ1) is 20.8. The van der Waals surface area contributed by atoms with Gasteiger partial charge in [-0.2, -0.15) is 0 Å². The van der Waals surface area contributed by atoms with Crippen LogP contribution in [-0.2, 0) is 11.4 Å². The van der Waals surface area contributed by atoms with Crippen molar-refractivity contribution in [2.45, 2.75) is 44.9 Å². The quantitative estimate of drug-likeness (QED) is 0.662. The maximum Gasteiger partial charge on any atom is 0.145 e. The van der Waals surface area contributed by atoms with Crippen LogP contribution in [0.5, 0.6) is 0 Å². The largest absolute Gasteiger partial charge is 0.392 e. The van der Waals surface area contributed by atoms with Crippen molar-refractivity contribution in [3.05, 3.63) is 70.5 Å². The minimum atomic E-state index is -0.400. The van der Waals surface area contributed by atoms with Crippen molar-refractivity contribution in [3.8, 4) is 0 Å². The van der Waals surface area contributed by atoms with Crippen LogP contribution in [0.1, 0.15) is 37.3 Å². The molecule has 0 amide bonds. The molecule has 3 rings (SSSR count). The van der Waals surface area contributed by atoms with E-state index in [0.717, 1.165) is 29.7 Å². The van der Waals surface area contributed by atoms with Crippen molar-refractivity contribution in [1.82, 2.24) is 4.90 Å². The zero-order chi connectivity index (χ0) is 19.9. The summed E-state index contributed by atoms with van der Waals surface area (Å²) in [5.74, 6) is -0.249. The van der Waals surface area contributed by atoms with Crippen LogP contribution in [0.2, 0.25) is 5.02 Å². The van der Waals surface area contributed by atoms with Crippen molar-refractivity contribution >= 4 is 17.3 Å². The number of halogens is 2. The minimum Gasteiger partial charge on any atom is -0.392 e. The number of aliphatic hydroxyl groups is 1.